The van der Waals surface area contributed by atoms with E-state index >= 15 is 0 Å². The number of amides is 1. The number of nitrogens with zero attached hydrogens (tertiary/aromatic N) is 2. The molecule has 88 valence electrons. The molecule has 0 aliphatic heterocycles. The van der Waals surface area contributed by atoms with Crippen molar-refractivity contribution >= 4 is 5.91 Å². The Morgan fingerprint density at radius 3 is 2.65 bits per heavy atom. The summed E-state index contributed by atoms with van der Waals surface area (Å²) < 4.78 is 1.81. The molecule has 0 radical (unpaired) electrons. The number of para-hydroxylation sites is 1. The first kappa shape index (κ1) is 11.4. The zero-order valence-corrected chi connectivity index (χ0v) is 9.97. The van der Waals surface area contributed by atoms with Gasteiger partial charge in [-0.25, -0.2) is 4.68 Å². The topological polar surface area (TPSA) is 46.9 Å². The van der Waals surface area contributed by atoms with Crippen molar-refractivity contribution in [3.05, 3.63) is 47.8 Å². The minimum absolute atomic E-state index is 0.0935. The Hall–Kier alpha value is -2.10. The molecule has 1 aromatic carbocycles. The molecule has 2 aromatic rings. The zero-order chi connectivity index (χ0) is 12.3. The number of benzene rings is 1. The minimum Gasteiger partial charge on any atom is -0.355 e. The highest BCUT2D eigenvalue weighted by Gasteiger charge is 2.15. The fourth-order valence-electron chi connectivity index (χ4n) is 1.83. The van der Waals surface area contributed by atoms with Crippen LogP contribution in [0.4, 0.5) is 0 Å². The third kappa shape index (κ3) is 2.06. The van der Waals surface area contributed by atoms with E-state index in [0.29, 0.717) is 5.56 Å². The van der Waals surface area contributed by atoms with Crippen LogP contribution in [0.5, 0.6) is 0 Å². The summed E-state index contributed by atoms with van der Waals surface area (Å²) in [7, 11) is 1.63. The molecule has 4 nitrogen and oxygen atoms in total. The van der Waals surface area contributed by atoms with Gasteiger partial charge in [0.15, 0.2) is 0 Å². The lowest BCUT2D eigenvalue weighted by atomic mass is 10.2. The van der Waals surface area contributed by atoms with Crippen LogP contribution >= 0.6 is 0 Å². The Morgan fingerprint density at radius 1 is 1.35 bits per heavy atom. The van der Waals surface area contributed by atoms with Crippen molar-refractivity contribution in [3.63, 3.8) is 0 Å². The lowest BCUT2D eigenvalue weighted by Gasteiger charge is -2.07. The Bertz CT molecular complexity index is 517. The van der Waals surface area contributed by atoms with E-state index in [0.717, 1.165) is 17.8 Å². The molecule has 1 heterocycles. The predicted molar refractivity (Wildman–Crippen MR) is 66.3 cm³/mol. The normalized spacial score (nSPS) is 10.2. The minimum atomic E-state index is -0.0935. The summed E-state index contributed by atoms with van der Waals surface area (Å²) in [4.78, 5) is 11.7. The fraction of sp³-hybridized carbons (Fsp3) is 0.231. The quantitative estimate of drug-likeness (QED) is 0.872. The van der Waals surface area contributed by atoms with Crippen molar-refractivity contribution < 1.29 is 4.79 Å². The monoisotopic (exact) mass is 229 g/mol. The van der Waals surface area contributed by atoms with Crippen molar-refractivity contribution in [2.45, 2.75) is 13.3 Å². The van der Waals surface area contributed by atoms with Crippen LogP contribution in [-0.2, 0) is 6.42 Å². The summed E-state index contributed by atoms with van der Waals surface area (Å²) in [6.07, 6.45) is 2.38. The third-order valence-electron chi connectivity index (χ3n) is 2.68. The Morgan fingerprint density at radius 2 is 2.06 bits per heavy atom. The molecule has 1 amide bonds. The summed E-state index contributed by atoms with van der Waals surface area (Å²) in [6, 6.07) is 9.81. The maximum Gasteiger partial charge on any atom is 0.254 e. The van der Waals surface area contributed by atoms with Gasteiger partial charge in [-0.2, -0.15) is 5.10 Å². The van der Waals surface area contributed by atoms with E-state index in [1.165, 1.54) is 0 Å². The summed E-state index contributed by atoms with van der Waals surface area (Å²) in [6.45, 7) is 2.02. The van der Waals surface area contributed by atoms with E-state index < -0.39 is 0 Å². The molecule has 1 N–H and O–H groups in total. The first-order chi connectivity index (χ1) is 8.27. The molecular formula is C13H15N3O. The molecule has 0 saturated heterocycles. The van der Waals surface area contributed by atoms with E-state index in [2.05, 4.69) is 10.4 Å². The van der Waals surface area contributed by atoms with Gasteiger partial charge in [0.1, 0.15) is 0 Å². The SMILES string of the molecule is CCc1c(C(=O)NC)cnn1-c1ccccc1. The van der Waals surface area contributed by atoms with Crippen molar-refractivity contribution in [1.29, 1.82) is 0 Å². The number of hydrogen-bond acceptors (Lipinski definition) is 2. The van der Waals surface area contributed by atoms with Crippen LogP contribution < -0.4 is 5.32 Å². The van der Waals surface area contributed by atoms with Crippen LogP contribution in [0.1, 0.15) is 23.0 Å². The van der Waals surface area contributed by atoms with Gasteiger partial charge >= 0.3 is 0 Å². The number of rotatable bonds is 3. The number of aromatic nitrogens is 2. The summed E-state index contributed by atoms with van der Waals surface area (Å²) in [5.74, 6) is -0.0935. The van der Waals surface area contributed by atoms with E-state index in [1.807, 2.05) is 41.9 Å². The molecule has 0 atom stereocenters. The van der Waals surface area contributed by atoms with Crippen molar-refractivity contribution in [1.82, 2.24) is 15.1 Å². The van der Waals surface area contributed by atoms with E-state index in [4.69, 9.17) is 0 Å². The van der Waals surface area contributed by atoms with Crippen LogP contribution in [0.15, 0.2) is 36.5 Å². The highest BCUT2D eigenvalue weighted by Crippen LogP contribution is 2.15. The maximum atomic E-state index is 11.7. The summed E-state index contributed by atoms with van der Waals surface area (Å²) >= 11 is 0. The van der Waals surface area contributed by atoms with Crippen molar-refractivity contribution in [3.8, 4) is 5.69 Å². The smallest absolute Gasteiger partial charge is 0.254 e. The molecule has 0 saturated carbocycles. The van der Waals surface area contributed by atoms with Gasteiger partial charge in [0.05, 0.1) is 23.1 Å². The Balaban J connectivity index is 2.50. The van der Waals surface area contributed by atoms with Gasteiger partial charge in [-0.3, -0.25) is 4.79 Å². The summed E-state index contributed by atoms with van der Waals surface area (Å²) in [5, 5.41) is 6.91. The van der Waals surface area contributed by atoms with Crippen molar-refractivity contribution in [2.24, 2.45) is 0 Å². The maximum absolute atomic E-state index is 11.7. The van der Waals surface area contributed by atoms with Gasteiger partial charge in [0, 0.05) is 7.05 Å². The molecule has 0 spiro atoms. The number of carbonyl (C=O) groups excluding carboxylic acids is 1. The van der Waals surface area contributed by atoms with Gasteiger partial charge < -0.3 is 5.32 Å². The lowest BCUT2D eigenvalue weighted by molar-refractivity contribution is 0.0962. The molecule has 0 bridgehead atoms. The fourth-order valence-corrected chi connectivity index (χ4v) is 1.83. The van der Waals surface area contributed by atoms with E-state index in [1.54, 1.807) is 13.2 Å². The van der Waals surface area contributed by atoms with Gasteiger partial charge in [-0.1, -0.05) is 25.1 Å². The van der Waals surface area contributed by atoms with Crippen LogP contribution in [0, 0.1) is 0 Å². The first-order valence-corrected chi connectivity index (χ1v) is 5.62. The van der Waals surface area contributed by atoms with E-state index in [-0.39, 0.29) is 5.91 Å². The highest BCUT2D eigenvalue weighted by atomic mass is 16.1. The molecular weight excluding hydrogens is 214 g/mol. The molecule has 0 aliphatic rings. The zero-order valence-electron chi connectivity index (χ0n) is 9.97. The average molecular weight is 229 g/mol. The average Bonchev–Trinajstić information content (AvgIpc) is 2.82. The van der Waals surface area contributed by atoms with Crippen LogP contribution in [0.25, 0.3) is 5.69 Å². The Labute approximate surface area is 100 Å². The number of carbonyl (C=O) groups is 1. The molecule has 2 rings (SSSR count). The molecule has 0 aliphatic carbocycles. The summed E-state index contributed by atoms with van der Waals surface area (Å²) in [5.41, 5.74) is 2.54. The van der Waals surface area contributed by atoms with Crippen LogP contribution in [0.2, 0.25) is 0 Å². The molecule has 0 fully saturated rings. The second-order valence-corrected chi connectivity index (χ2v) is 3.68. The van der Waals surface area contributed by atoms with Crippen molar-refractivity contribution in [2.75, 3.05) is 7.05 Å². The molecule has 0 unspecified atom stereocenters. The number of hydrogen-bond donors (Lipinski definition) is 1. The first-order valence-electron chi connectivity index (χ1n) is 5.62. The second kappa shape index (κ2) is 4.82. The van der Waals surface area contributed by atoms with Crippen LogP contribution in [-0.4, -0.2) is 22.7 Å². The van der Waals surface area contributed by atoms with Gasteiger partial charge in [-0.05, 0) is 18.6 Å². The molecule has 1 aromatic heterocycles. The predicted octanol–water partition coefficient (Wildman–Crippen LogP) is 1.79. The lowest BCUT2D eigenvalue weighted by Crippen LogP contribution is -2.19. The Kier molecular flexibility index (Phi) is 3.23. The third-order valence-corrected chi connectivity index (χ3v) is 2.68. The molecule has 4 heteroatoms. The van der Waals surface area contributed by atoms with Gasteiger partial charge in [0.25, 0.3) is 5.91 Å². The van der Waals surface area contributed by atoms with E-state index in [9.17, 15) is 4.79 Å². The van der Waals surface area contributed by atoms with Gasteiger partial charge in [-0.15, -0.1) is 0 Å². The molecule has 17 heavy (non-hydrogen) atoms. The highest BCUT2D eigenvalue weighted by molar-refractivity contribution is 5.95. The number of nitrogens with one attached hydrogen (secondary N) is 1. The van der Waals surface area contributed by atoms with Gasteiger partial charge in [0.2, 0.25) is 0 Å². The largest absolute Gasteiger partial charge is 0.355 e. The standard InChI is InChI=1S/C13H15N3O/c1-3-12-11(13(17)14-2)9-15-16(12)10-7-5-4-6-8-10/h4-9H,3H2,1-2H3,(H,14,17). The second-order valence-electron chi connectivity index (χ2n) is 3.68. The van der Waals surface area contributed by atoms with Crippen LogP contribution in [0.3, 0.4) is 0 Å².